The summed E-state index contributed by atoms with van der Waals surface area (Å²) < 4.78 is 43.5. The topological polar surface area (TPSA) is 104 Å². The van der Waals surface area contributed by atoms with Gasteiger partial charge in [-0.25, -0.2) is 4.79 Å². The molecule has 0 radical (unpaired) electrons. The smallest absolute Gasteiger partial charge is 0.345 e. The minimum Gasteiger partial charge on any atom is -0.491 e. The lowest BCUT2D eigenvalue weighted by Gasteiger charge is -2.17. The van der Waals surface area contributed by atoms with E-state index in [0.29, 0.717) is 63.5 Å². The number of carbonyl (C=O) groups excluding carboxylic acids is 1. The zero-order valence-electron chi connectivity index (χ0n) is 15.3. The average molecular weight is 394 g/mol. The summed E-state index contributed by atoms with van der Waals surface area (Å²) in [6, 6.07) is 3.35. The van der Waals surface area contributed by atoms with Crippen LogP contribution >= 0.6 is 0 Å². The Morgan fingerprint density at radius 2 is 1.18 bits per heavy atom. The summed E-state index contributed by atoms with van der Waals surface area (Å²) in [5.74, 6) is 0.707. The lowest BCUT2D eigenvalue weighted by molar-refractivity contribution is 0.0466. The van der Waals surface area contributed by atoms with E-state index in [2.05, 4.69) is 0 Å². The van der Waals surface area contributed by atoms with E-state index in [4.69, 9.17) is 37.9 Å². The van der Waals surface area contributed by atoms with Crippen molar-refractivity contribution >= 4 is 5.97 Å². The summed E-state index contributed by atoms with van der Waals surface area (Å²) in [4.78, 5) is 12.8. The number of carbonyl (C=O) groups is 1. The maximum atomic E-state index is 12.8. The molecule has 152 valence electrons. The quantitative estimate of drug-likeness (QED) is 0.372. The molecule has 4 saturated heterocycles. The third kappa shape index (κ3) is 5.05. The zero-order chi connectivity index (χ0) is 18.9. The van der Waals surface area contributed by atoms with Crippen molar-refractivity contribution in [3.05, 3.63) is 17.7 Å². The molecule has 4 aliphatic rings. The molecule has 0 N–H and O–H groups in total. The molecular weight excluding hydrogens is 372 g/mol. The van der Waals surface area contributed by atoms with Crippen LogP contribution in [-0.2, 0) is 23.7 Å². The largest absolute Gasteiger partial charge is 0.491 e. The van der Waals surface area contributed by atoms with Crippen LogP contribution in [0.25, 0.3) is 0 Å². The van der Waals surface area contributed by atoms with Gasteiger partial charge in [-0.15, -0.1) is 0 Å². The van der Waals surface area contributed by atoms with Gasteiger partial charge in [0.15, 0.2) is 0 Å². The Balaban J connectivity index is 1.38. The molecule has 1 aromatic rings. The molecule has 0 amide bonds. The van der Waals surface area contributed by atoms with Crippen LogP contribution in [0.2, 0.25) is 0 Å². The standard InChI is InChI=1S/C19H22O9/c20-19(28-10-15-7-25-15)18-16(26-8-13-5-23-13)1-11(21-3-12-4-22-12)2-17(18)27-9-14-6-24-14/h1-2,12-15H,3-10H2. The Bertz CT molecular complexity index is 683. The van der Waals surface area contributed by atoms with Crippen LogP contribution in [0.15, 0.2) is 12.1 Å². The van der Waals surface area contributed by atoms with Gasteiger partial charge in [-0.05, 0) is 0 Å². The monoisotopic (exact) mass is 394 g/mol. The fraction of sp³-hybridized carbons (Fsp3) is 0.632. The second kappa shape index (κ2) is 7.75. The van der Waals surface area contributed by atoms with E-state index >= 15 is 0 Å². The first-order valence-electron chi connectivity index (χ1n) is 9.44. The molecule has 0 aromatic heterocycles. The van der Waals surface area contributed by atoms with Gasteiger partial charge in [-0.1, -0.05) is 0 Å². The predicted octanol–water partition coefficient (Wildman–Crippen LogP) is 0.575. The molecule has 4 unspecified atom stereocenters. The zero-order valence-corrected chi connectivity index (χ0v) is 15.3. The van der Waals surface area contributed by atoms with Crippen molar-refractivity contribution in [2.45, 2.75) is 24.4 Å². The molecule has 5 rings (SSSR count). The summed E-state index contributed by atoms with van der Waals surface area (Å²) in [6.45, 7) is 3.91. The number of hydrogen-bond acceptors (Lipinski definition) is 9. The van der Waals surface area contributed by atoms with Crippen LogP contribution in [-0.4, -0.2) is 83.2 Å². The molecule has 0 bridgehead atoms. The molecule has 1 aromatic carbocycles. The minimum absolute atomic E-state index is 0.0291. The van der Waals surface area contributed by atoms with E-state index in [9.17, 15) is 4.79 Å². The highest BCUT2D eigenvalue weighted by atomic mass is 16.6. The van der Waals surface area contributed by atoms with Gasteiger partial charge in [-0.2, -0.15) is 0 Å². The van der Waals surface area contributed by atoms with Crippen LogP contribution in [0.3, 0.4) is 0 Å². The Labute approximate surface area is 161 Å². The summed E-state index contributed by atoms with van der Waals surface area (Å²) in [7, 11) is 0. The summed E-state index contributed by atoms with van der Waals surface area (Å²) in [5, 5.41) is 0. The van der Waals surface area contributed by atoms with Crippen LogP contribution in [0, 0.1) is 0 Å². The van der Waals surface area contributed by atoms with E-state index in [1.54, 1.807) is 12.1 Å². The van der Waals surface area contributed by atoms with E-state index < -0.39 is 5.97 Å². The number of benzene rings is 1. The lowest BCUT2D eigenvalue weighted by Crippen LogP contribution is -2.16. The maximum Gasteiger partial charge on any atom is 0.345 e. The second-order valence-electron chi connectivity index (χ2n) is 7.15. The summed E-state index contributed by atoms with van der Waals surface area (Å²) in [6.07, 6.45) is 0.157. The van der Waals surface area contributed by atoms with Crippen molar-refractivity contribution in [3.8, 4) is 17.2 Å². The van der Waals surface area contributed by atoms with Gasteiger partial charge < -0.3 is 37.9 Å². The van der Waals surface area contributed by atoms with E-state index in [1.807, 2.05) is 0 Å². The summed E-state index contributed by atoms with van der Waals surface area (Å²) in [5.41, 5.74) is 0.233. The molecule has 0 aliphatic carbocycles. The van der Waals surface area contributed by atoms with Crippen molar-refractivity contribution in [3.63, 3.8) is 0 Å². The highest BCUT2D eigenvalue weighted by molar-refractivity contribution is 5.96. The fourth-order valence-electron chi connectivity index (χ4n) is 2.53. The van der Waals surface area contributed by atoms with Gasteiger partial charge >= 0.3 is 5.97 Å². The van der Waals surface area contributed by atoms with E-state index in [-0.39, 0.29) is 36.6 Å². The van der Waals surface area contributed by atoms with Crippen molar-refractivity contribution in [1.82, 2.24) is 0 Å². The molecule has 4 heterocycles. The molecule has 4 aliphatic heterocycles. The third-order valence-electron chi connectivity index (χ3n) is 4.54. The molecule has 28 heavy (non-hydrogen) atoms. The molecule has 9 nitrogen and oxygen atoms in total. The van der Waals surface area contributed by atoms with Gasteiger partial charge in [0.05, 0.1) is 26.4 Å². The Kier molecular flexibility index (Phi) is 4.98. The molecule has 0 spiro atoms. The van der Waals surface area contributed by atoms with Crippen molar-refractivity contribution < 1.29 is 42.7 Å². The van der Waals surface area contributed by atoms with E-state index in [1.165, 1.54) is 0 Å². The number of esters is 1. The third-order valence-corrected chi connectivity index (χ3v) is 4.54. The Morgan fingerprint density at radius 3 is 1.64 bits per heavy atom. The summed E-state index contributed by atoms with van der Waals surface area (Å²) >= 11 is 0. The molecular formula is C19H22O9. The first-order valence-corrected chi connectivity index (χ1v) is 9.44. The van der Waals surface area contributed by atoms with Crippen LogP contribution in [0.4, 0.5) is 0 Å². The van der Waals surface area contributed by atoms with Gasteiger partial charge in [0, 0.05) is 12.1 Å². The van der Waals surface area contributed by atoms with Gasteiger partial charge in [0.1, 0.15) is 73.7 Å². The number of rotatable bonds is 12. The SMILES string of the molecule is O=C(OCC1CO1)c1c(OCC2CO2)cc(OCC2CO2)cc1OCC1CO1. The maximum absolute atomic E-state index is 12.8. The molecule has 9 heteroatoms. The Hall–Kier alpha value is -2.07. The second-order valence-corrected chi connectivity index (χ2v) is 7.15. The lowest BCUT2D eigenvalue weighted by atomic mass is 10.1. The highest BCUT2D eigenvalue weighted by Crippen LogP contribution is 2.36. The van der Waals surface area contributed by atoms with Crippen molar-refractivity contribution in [2.24, 2.45) is 0 Å². The highest BCUT2D eigenvalue weighted by Gasteiger charge is 2.31. The van der Waals surface area contributed by atoms with Gasteiger partial charge in [0.2, 0.25) is 0 Å². The first kappa shape index (κ1) is 18.0. The van der Waals surface area contributed by atoms with Crippen LogP contribution < -0.4 is 14.2 Å². The number of epoxide rings is 4. The molecule has 4 fully saturated rings. The normalized spacial score (nSPS) is 29.0. The minimum atomic E-state index is -0.522. The van der Waals surface area contributed by atoms with Crippen molar-refractivity contribution in [1.29, 1.82) is 0 Å². The van der Waals surface area contributed by atoms with Crippen LogP contribution in [0.1, 0.15) is 10.4 Å². The fourth-order valence-corrected chi connectivity index (χ4v) is 2.53. The Morgan fingerprint density at radius 1 is 0.750 bits per heavy atom. The van der Waals surface area contributed by atoms with Crippen molar-refractivity contribution in [2.75, 3.05) is 52.9 Å². The molecule has 0 saturated carbocycles. The average Bonchev–Trinajstić information content (AvgIpc) is 3.57. The first-order chi connectivity index (χ1) is 13.7. The number of hydrogen-bond donors (Lipinski definition) is 0. The van der Waals surface area contributed by atoms with Gasteiger partial charge in [-0.3, -0.25) is 0 Å². The van der Waals surface area contributed by atoms with Crippen LogP contribution in [0.5, 0.6) is 17.2 Å². The molecule has 4 atom stereocenters. The predicted molar refractivity (Wildman–Crippen MR) is 92.2 cm³/mol. The van der Waals surface area contributed by atoms with E-state index in [0.717, 1.165) is 0 Å². The number of ether oxygens (including phenoxy) is 8. The van der Waals surface area contributed by atoms with Gasteiger partial charge in [0.25, 0.3) is 0 Å².